The number of rotatable bonds is 8. The molecule has 0 spiro atoms. The molecular formula is C20H19N3O5S3. The number of nitrogens with zero attached hydrogens (tertiary/aromatic N) is 1. The quantitative estimate of drug-likeness (QED) is 0.341. The Labute approximate surface area is 189 Å². The third kappa shape index (κ3) is 5.70. The highest BCUT2D eigenvalue weighted by molar-refractivity contribution is 8.26. The summed E-state index contributed by atoms with van der Waals surface area (Å²) in [6.45, 7) is 0.0207. The summed E-state index contributed by atoms with van der Waals surface area (Å²) in [5.41, 5.74) is 2.88. The summed E-state index contributed by atoms with van der Waals surface area (Å²) in [7, 11) is -2.33. The molecule has 8 nitrogen and oxygen atoms in total. The molecule has 2 N–H and O–H groups in total. The molecule has 1 aliphatic heterocycles. The van der Waals surface area contributed by atoms with Gasteiger partial charge in [0.2, 0.25) is 5.91 Å². The molecule has 2 aromatic rings. The number of carbonyl (C=O) groups excluding carboxylic acids is 2. The first kappa shape index (κ1) is 22.9. The highest BCUT2D eigenvalue weighted by Crippen LogP contribution is 2.34. The topological polar surface area (TPSA) is 105 Å². The lowest BCUT2D eigenvalue weighted by molar-refractivity contribution is -0.124. The Kier molecular flexibility index (Phi) is 7.44. The largest absolute Gasteiger partial charge is 0.496 e. The molecule has 0 bridgehead atoms. The molecule has 0 aliphatic carbocycles. The van der Waals surface area contributed by atoms with Crippen LogP contribution < -0.4 is 15.0 Å². The van der Waals surface area contributed by atoms with Crippen LogP contribution in [0.1, 0.15) is 12.0 Å². The minimum Gasteiger partial charge on any atom is -0.496 e. The number of thioether (sulfide) groups is 1. The van der Waals surface area contributed by atoms with Gasteiger partial charge in [-0.05, 0) is 24.3 Å². The minimum atomic E-state index is -3.88. The van der Waals surface area contributed by atoms with E-state index in [-0.39, 0.29) is 23.8 Å². The van der Waals surface area contributed by atoms with E-state index in [0.29, 0.717) is 15.0 Å². The fourth-order valence-electron chi connectivity index (χ4n) is 2.68. The maximum atomic E-state index is 12.7. The smallest absolute Gasteiger partial charge is 0.266 e. The molecule has 1 heterocycles. The summed E-state index contributed by atoms with van der Waals surface area (Å²) in [5, 5.41) is 0. The second-order valence-electron chi connectivity index (χ2n) is 6.29. The molecule has 3 rings (SSSR count). The molecule has 1 aliphatic rings. The van der Waals surface area contributed by atoms with E-state index in [2.05, 4.69) is 5.43 Å². The van der Waals surface area contributed by atoms with E-state index in [9.17, 15) is 18.0 Å². The summed E-state index contributed by atoms with van der Waals surface area (Å²) in [6, 6.07) is 14.9. The molecule has 0 atom stereocenters. The van der Waals surface area contributed by atoms with Gasteiger partial charge in [0, 0.05) is 18.5 Å². The Morgan fingerprint density at radius 3 is 2.55 bits per heavy atom. The van der Waals surface area contributed by atoms with Crippen molar-refractivity contribution in [3.63, 3.8) is 0 Å². The zero-order chi connectivity index (χ0) is 22.4. The van der Waals surface area contributed by atoms with Crippen molar-refractivity contribution in [1.29, 1.82) is 0 Å². The van der Waals surface area contributed by atoms with Crippen molar-refractivity contribution < 1.29 is 22.7 Å². The van der Waals surface area contributed by atoms with E-state index in [1.807, 2.05) is 23.0 Å². The lowest BCUT2D eigenvalue weighted by Gasteiger charge is -2.14. The molecule has 0 aromatic heterocycles. The molecule has 0 saturated carbocycles. The van der Waals surface area contributed by atoms with E-state index >= 15 is 0 Å². The van der Waals surface area contributed by atoms with Gasteiger partial charge in [-0.25, -0.2) is 8.42 Å². The van der Waals surface area contributed by atoms with E-state index in [0.717, 1.165) is 17.3 Å². The molecule has 2 amide bonds. The second kappa shape index (κ2) is 10.1. The van der Waals surface area contributed by atoms with Gasteiger partial charge in [0.15, 0.2) is 0 Å². The Morgan fingerprint density at radius 1 is 1.16 bits per heavy atom. The zero-order valence-electron chi connectivity index (χ0n) is 16.4. The number of hydrogen-bond donors (Lipinski definition) is 2. The van der Waals surface area contributed by atoms with Gasteiger partial charge in [0.05, 0.1) is 16.9 Å². The Balaban J connectivity index is 1.58. The van der Waals surface area contributed by atoms with Crippen LogP contribution in [-0.4, -0.2) is 43.1 Å². The normalized spacial score (nSPS) is 15.4. The number of amides is 2. The number of thiocarbonyl (C=S) groups is 1. The van der Waals surface area contributed by atoms with Gasteiger partial charge in [0.1, 0.15) is 10.1 Å². The van der Waals surface area contributed by atoms with Crippen LogP contribution in [0.2, 0.25) is 0 Å². The Bertz CT molecular complexity index is 1130. The lowest BCUT2D eigenvalue weighted by atomic mass is 10.2. The minimum absolute atomic E-state index is 0.0207. The van der Waals surface area contributed by atoms with Crippen LogP contribution in [0.3, 0.4) is 0 Å². The Hall–Kier alpha value is -2.73. The van der Waals surface area contributed by atoms with Gasteiger partial charge in [-0.2, -0.15) is 0 Å². The average molecular weight is 478 g/mol. The fraction of sp³-hybridized carbons (Fsp3) is 0.150. The maximum Gasteiger partial charge on any atom is 0.266 e. The SMILES string of the molecule is COc1ccccc1C=C1SC(=S)N(CCC(=O)NNS(=O)(=O)c2ccccc2)C1=O. The van der Waals surface area contributed by atoms with Crippen molar-refractivity contribution >= 4 is 56.2 Å². The van der Waals surface area contributed by atoms with Crippen molar-refractivity contribution in [2.75, 3.05) is 13.7 Å². The number of methoxy groups -OCH3 is 1. The van der Waals surface area contributed by atoms with Crippen molar-refractivity contribution in [2.45, 2.75) is 11.3 Å². The maximum absolute atomic E-state index is 12.7. The number of nitrogens with one attached hydrogen (secondary N) is 2. The van der Waals surface area contributed by atoms with Crippen LogP contribution in [-0.2, 0) is 19.6 Å². The Morgan fingerprint density at radius 2 is 1.84 bits per heavy atom. The van der Waals surface area contributed by atoms with E-state index in [4.69, 9.17) is 17.0 Å². The van der Waals surface area contributed by atoms with Gasteiger partial charge >= 0.3 is 0 Å². The van der Waals surface area contributed by atoms with E-state index in [1.165, 1.54) is 17.0 Å². The van der Waals surface area contributed by atoms with Crippen LogP contribution in [0, 0.1) is 0 Å². The van der Waals surface area contributed by atoms with Crippen molar-refractivity contribution in [1.82, 2.24) is 15.2 Å². The number of hydrogen-bond acceptors (Lipinski definition) is 7. The monoisotopic (exact) mass is 477 g/mol. The van der Waals surface area contributed by atoms with Gasteiger partial charge in [-0.15, -0.1) is 4.83 Å². The molecule has 162 valence electrons. The number of ether oxygens (including phenoxy) is 1. The van der Waals surface area contributed by atoms with E-state index < -0.39 is 15.9 Å². The van der Waals surface area contributed by atoms with E-state index in [1.54, 1.807) is 37.5 Å². The number of carbonyl (C=O) groups is 2. The highest BCUT2D eigenvalue weighted by Gasteiger charge is 2.32. The third-order valence-corrected chi connectivity index (χ3v) is 6.88. The van der Waals surface area contributed by atoms with Crippen molar-refractivity contribution in [3.8, 4) is 5.75 Å². The summed E-state index contributed by atoms with van der Waals surface area (Å²) >= 11 is 6.40. The first-order valence-corrected chi connectivity index (χ1v) is 11.8. The number of hydrazine groups is 1. The van der Waals surface area contributed by atoms with Crippen molar-refractivity contribution in [2.24, 2.45) is 0 Å². The van der Waals surface area contributed by atoms with Crippen LogP contribution in [0.25, 0.3) is 6.08 Å². The fourth-order valence-corrected chi connectivity index (χ4v) is 4.86. The second-order valence-corrected chi connectivity index (χ2v) is 9.65. The summed E-state index contributed by atoms with van der Waals surface area (Å²) in [6.07, 6.45) is 1.55. The first-order valence-electron chi connectivity index (χ1n) is 9.06. The molecule has 1 fully saturated rings. The summed E-state index contributed by atoms with van der Waals surface area (Å²) in [4.78, 5) is 28.6. The third-order valence-electron chi connectivity index (χ3n) is 4.24. The summed E-state index contributed by atoms with van der Waals surface area (Å²) in [5.74, 6) is -0.293. The van der Waals surface area contributed by atoms with Crippen LogP contribution in [0.15, 0.2) is 64.4 Å². The van der Waals surface area contributed by atoms with Gasteiger partial charge in [-0.1, -0.05) is 60.4 Å². The number of para-hydroxylation sites is 1. The lowest BCUT2D eigenvalue weighted by Crippen LogP contribution is -2.43. The zero-order valence-corrected chi connectivity index (χ0v) is 18.9. The standard InChI is InChI=1S/C20H19N3O5S3/c1-28-16-10-6-5-7-14(16)13-17-19(25)23(20(29)30-17)12-11-18(24)21-22-31(26,27)15-8-3-2-4-9-15/h2-10,13,22H,11-12H2,1H3,(H,21,24). The highest BCUT2D eigenvalue weighted by atomic mass is 32.2. The predicted octanol–water partition coefficient (Wildman–Crippen LogP) is 2.30. The van der Waals surface area contributed by atoms with Gasteiger partial charge in [-0.3, -0.25) is 19.9 Å². The molecule has 0 unspecified atom stereocenters. The van der Waals surface area contributed by atoms with Crippen LogP contribution >= 0.6 is 24.0 Å². The van der Waals surface area contributed by atoms with Crippen LogP contribution in [0.5, 0.6) is 5.75 Å². The predicted molar refractivity (Wildman–Crippen MR) is 122 cm³/mol. The van der Waals surface area contributed by atoms with Gasteiger partial charge in [0.25, 0.3) is 15.9 Å². The summed E-state index contributed by atoms with van der Waals surface area (Å²) < 4.78 is 29.9. The number of sulfonamides is 1. The van der Waals surface area contributed by atoms with Crippen LogP contribution in [0.4, 0.5) is 0 Å². The molecule has 31 heavy (non-hydrogen) atoms. The molecular weight excluding hydrogens is 458 g/mol. The molecule has 0 radical (unpaired) electrons. The van der Waals surface area contributed by atoms with Crippen molar-refractivity contribution in [3.05, 3.63) is 65.1 Å². The van der Waals surface area contributed by atoms with Gasteiger partial charge < -0.3 is 4.74 Å². The molecule has 11 heteroatoms. The molecule has 2 aromatic carbocycles. The molecule has 1 saturated heterocycles. The number of benzene rings is 2. The average Bonchev–Trinajstić information content (AvgIpc) is 3.04. The first-order chi connectivity index (χ1) is 14.8.